The molecule has 152 valence electrons. The van der Waals surface area contributed by atoms with Gasteiger partial charge in [0.15, 0.2) is 0 Å². The van der Waals surface area contributed by atoms with Gasteiger partial charge in [0.05, 0.1) is 11.6 Å². The molecule has 7 nitrogen and oxygen atoms in total. The monoisotopic (exact) mass is 390 g/mol. The van der Waals surface area contributed by atoms with E-state index in [9.17, 15) is 18.0 Å². The van der Waals surface area contributed by atoms with E-state index in [2.05, 4.69) is 23.1 Å². The van der Waals surface area contributed by atoms with Gasteiger partial charge in [-0.25, -0.2) is 4.79 Å². The molecule has 0 aliphatic carbocycles. The maximum absolute atomic E-state index is 12.5. The van der Waals surface area contributed by atoms with Gasteiger partial charge in [-0.3, -0.25) is 14.4 Å². The number of likely N-dealkylation sites (tertiary alicyclic amines) is 2. The Morgan fingerprint density at radius 3 is 2.22 bits per heavy atom. The van der Waals surface area contributed by atoms with Crippen LogP contribution in [0.2, 0.25) is 0 Å². The zero-order chi connectivity index (χ0) is 20.2. The number of amides is 1. The number of carboxylic acid groups (broad SMARTS) is 1. The fourth-order valence-corrected chi connectivity index (χ4v) is 3.61. The third kappa shape index (κ3) is 5.21. The number of rotatable bonds is 3. The van der Waals surface area contributed by atoms with Crippen molar-refractivity contribution in [1.82, 2.24) is 19.6 Å². The van der Waals surface area contributed by atoms with E-state index in [4.69, 9.17) is 9.90 Å². The van der Waals surface area contributed by atoms with E-state index in [1.165, 1.54) is 5.56 Å². The standard InChI is InChI=1S/C15H24N4O.C2HF3O2/c1-3-19-9-6-15(14(19)20)4-7-18(8-5-15)12-13-10-16-17(2)11-13;3-2(4,5)1(6)7/h10-11H,3-9,12H2,1-2H3;(H,6,7). The molecule has 2 fully saturated rings. The van der Waals surface area contributed by atoms with Gasteiger partial charge in [0.25, 0.3) is 0 Å². The Bertz CT molecular complexity index is 667. The number of nitrogens with zero attached hydrogens (tertiary/aromatic N) is 4. The molecule has 27 heavy (non-hydrogen) atoms. The molecule has 1 aromatic heterocycles. The van der Waals surface area contributed by atoms with E-state index >= 15 is 0 Å². The number of hydrogen-bond donors (Lipinski definition) is 1. The number of aryl methyl sites for hydroxylation is 1. The smallest absolute Gasteiger partial charge is 0.475 e. The van der Waals surface area contributed by atoms with Crippen LogP contribution in [0.4, 0.5) is 13.2 Å². The topological polar surface area (TPSA) is 78.7 Å². The van der Waals surface area contributed by atoms with Crippen molar-refractivity contribution in [1.29, 1.82) is 0 Å². The molecule has 0 bridgehead atoms. The van der Waals surface area contributed by atoms with Crippen LogP contribution < -0.4 is 0 Å². The van der Waals surface area contributed by atoms with Crippen LogP contribution in [0.3, 0.4) is 0 Å². The molecule has 0 unspecified atom stereocenters. The first-order chi connectivity index (χ1) is 12.6. The number of piperidine rings is 1. The summed E-state index contributed by atoms with van der Waals surface area (Å²) in [6.45, 7) is 6.90. The molecule has 1 spiro atoms. The highest BCUT2D eigenvalue weighted by Crippen LogP contribution is 2.41. The van der Waals surface area contributed by atoms with Gasteiger partial charge in [0, 0.05) is 38.4 Å². The summed E-state index contributed by atoms with van der Waals surface area (Å²) < 4.78 is 33.6. The van der Waals surface area contributed by atoms with E-state index in [-0.39, 0.29) is 5.41 Å². The fourth-order valence-electron chi connectivity index (χ4n) is 3.61. The number of carboxylic acids is 1. The van der Waals surface area contributed by atoms with Crippen LogP contribution in [0, 0.1) is 5.41 Å². The van der Waals surface area contributed by atoms with E-state index < -0.39 is 12.1 Å². The molecule has 0 saturated carbocycles. The lowest BCUT2D eigenvalue weighted by Crippen LogP contribution is -2.44. The van der Waals surface area contributed by atoms with Crippen LogP contribution in [0.25, 0.3) is 0 Å². The van der Waals surface area contributed by atoms with Gasteiger partial charge in [0.2, 0.25) is 5.91 Å². The van der Waals surface area contributed by atoms with Crippen LogP contribution in [-0.4, -0.2) is 68.9 Å². The summed E-state index contributed by atoms with van der Waals surface area (Å²) in [5.41, 5.74) is 1.22. The molecule has 2 aliphatic rings. The zero-order valence-corrected chi connectivity index (χ0v) is 15.5. The second kappa shape index (κ2) is 8.28. The molecule has 1 aromatic rings. The quantitative estimate of drug-likeness (QED) is 0.853. The average Bonchev–Trinajstić information content (AvgIpc) is 3.14. The first kappa shape index (κ1) is 21.2. The van der Waals surface area contributed by atoms with E-state index in [1.807, 2.05) is 22.8 Å². The Labute approximate surface area is 155 Å². The van der Waals surface area contributed by atoms with E-state index in [0.717, 1.165) is 52.0 Å². The third-order valence-corrected chi connectivity index (χ3v) is 5.20. The average molecular weight is 390 g/mol. The number of aromatic nitrogens is 2. The third-order valence-electron chi connectivity index (χ3n) is 5.20. The number of carbonyl (C=O) groups excluding carboxylic acids is 1. The summed E-state index contributed by atoms with van der Waals surface area (Å²) in [6.07, 6.45) is 2.01. The van der Waals surface area contributed by atoms with Crippen LogP contribution in [0.15, 0.2) is 12.4 Å². The summed E-state index contributed by atoms with van der Waals surface area (Å²) in [5.74, 6) is -2.35. The van der Waals surface area contributed by atoms with E-state index in [0.29, 0.717) is 5.91 Å². The largest absolute Gasteiger partial charge is 0.490 e. The molecule has 1 amide bonds. The van der Waals surface area contributed by atoms with Crippen molar-refractivity contribution in [2.75, 3.05) is 26.2 Å². The van der Waals surface area contributed by atoms with Crippen molar-refractivity contribution < 1.29 is 27.9 Å². The number of aliphatic carboxylic acids is 1. The molecule has 0 aromatic carbocycles. The van der Waals surface area contributed by atoms with Crippen molar-refractivity contribution >= 4 is 11.9 Å². The van der Waals surface area contributed by atoms with Crippen LogP contribution in [0.5, 0.6) is 0 Å². The van der Waals surface area contributed by atoms with Gasteiger partial charge < -0.3 is 10.0 Å². The minimum absolute atomic E-state index is 0.0402. The van der Waals surface area contributed by atoms with Crippen molar-refractivity contribution in [2.45, 2.75) is 38.9 Å². The molecule has 0 atom stereocenters. The maximum atomic E-state index is 12.5. The first-order valence-corrected chi connectivity index (χ1v) is 8.87. The Balaban J connectivity index is 0.000000321. The van der Waals surface area contributed by atoms with E-state index in [1.54, 1.807) is 0 Å². The minimum Gasteiger partial charge on any atom is -0.475 e. The summed E-state index contributed by atoms with van der Waals surface area (Å²) in [4.78, 5) is 25.8. The highest BCUT2D eigenvalue weighted by atomic mass is 19.4. The summed E-state index contributed by atoms with van der Waals surface area (Å²) in [6, 6.07) is 0. The van der Waals surface area contributed by atoms with Crippen molar-refractivity contribution in [2.24, 2.45) is 12.5 Å². The lowest BCUT2D eigenvalue weighted by molar-refractivity contribution is -0.192. The summed E-state index contributed by atoms with van der Waals surface area (Å²) >= 11 is 0. The van der Waals surface area contributed by atoms with Gasteiger partial charge in [-0.15, -0.1) is 0 Å². The van der Waals surface area contributed by atoms with Gasteiger partial charge in [0.1, 0.15) is 0 Å². The Kier molecular flexibility index (Phi) is 6.50. The molecule has 2 aliphatic heterocycles. The highest BCUT2D eigenvalue weighted by Gasteiger charge is 2.47. The predicted molar refractivity (Wildman–Crippen MR) is 90.7 cm³/mol. The SMILES string of the molecule is CCN1CCC2(CCN(Cc3cnn(C)c3)CC2)C1=O.O=C(O)C(F)(F)F. The minimum atomic E-state index is -5.08. The van der Waals surface area contributed by atoms with Crippen LogP contribution in [0.1, 0.15) is 31.7 Å². The second-order valence-electron chi connectivity index (χ2n) is 7.02. The van der Waals surface area contributed by atoms with Crippen LogP contribution in [-0.2, 0) is 23.2 Å². The summed E-state index contributed by atoms with van der Waals surface area (Å²) in [5, 5.41) is 11.3. The summed E-state index contributed by atoms with van der Waals surface area (Å²) in [7, 11) is 1.95. The molecule has 2 saturated heterocycles. The molecule has 0 radical (unpaired) electrons. The molecular formula is C17H25F3N4O3. The molecule has 3 rings (SSSR count). The highest BCUT2D eigenvalue weighted by molar-refractivity contribution is 5.85. The predicted octanol–water partition coefficient (Wildman–Crippen LogP) is 1.89. The number of carbonyl (C=O) groups is 2. The molecule has 10 heteroatoms. The van der Waals surface area contributed by atoms with Crippen molar-refractivity contribution in [3.05, 3.63) is 18.0 Å². The van der Waals surface area contributed by atoms with Crippen LogP contribution >= 0.6 is 0 Å². The second-order valence-corrected chi connectivity index (χ2v) is 7.02. The molecular weight excluding hydrogens is 365 g/mol. The van der Waals surface area contributed by atoms with Gasteiger partial charge in [-0.1, -0.05) is 0 Å². The lowest BCUT2D eigenvalue weighted by Gasteiger charge is -2.37. The molecule has 1 N–H and O–H groups in total. The Morgan fingerprint density at radius 2 is 1.81 bits per heavy atom. The van der Waals surface area contributed by atoms with Gasteiger partial charge in [-0.2, -0.15) is 18.3 Å². The normalized spacial score (nSPS) is 19.9. The first-order valence-electron chi connectivity index (χ1n) is 8.87. The number of halogens is 3. The van der Waals surface area contributed by atoms with Gasteiger partial charge in [-0.05, 0) is 39.3 Å². The Hall–Kier alpha value is -2.10. The maximum Gasteiger partial charge on any atom is 0.490 e. The lowest BCUT2D eigenvalue weighted by atomic mass is 9.77. The van der Waals surface area contributed by atoms with Crippen molar-refractivity contribution in [3.8, 4) is 0 Å². The molecule has 3 heterocycles. The van der Waals surface area contributed by atoms with Gasteiger partial charge >= 0.3 is 12.1 Å². The Morgan fingerprint density at radius 1 is 1.26 bits per heavy atom. The fraction of sp³-hybridized carbons (Fsp3) is 0.706. The van der Waals surface area contributed by atoms with Crippen molar-refractivity contribution in [3.63, 3.8) is 0 Å². The zero-order valence-electron chi connectivity index (χ0n) is 15.5. The number of alkyl halides is 3. The number of hydrogen-bond acceptors (Lipinski definition) is 4.